The third-order valence-corrected chi connectivity index (χ3v) is 5.87. The number of hydrogen-bond acceptors (Lipinski definition) is 4. The van der Waals surface area contributed by atoms with Crippen LogP contribution in [0.15, 0.2) is 42.5 Å². The van der Waals surface area contributed by atoms with Crippen molar-refractivity contribution in [2.24, 2.45) is 0 Å². The molecular weight excluding hydrogens is 380 g/mol. The van der Waals surface area contributed by atoms with Crippen molar-refractivity contribution >= 4 is 5.91 Å². The zero-order valence-electron chi connectivity index (χ0n) is 18.4. The van der Waals surface area contributed by atoms with E-state index < -0.39 is 0 Å². The molecule has 1 aliphatic rings. The fourth-order valence-electron chi connectivity index (χ4n) is 4.47. The van der Waals surface area contributed by atoms with Crippen LogP contribution < -0.4 is 19.7 Å². The topological polar surface area (TPSA) is 61.2 Å². The maximum absolute atomic E-state index is 12.4. The van der Waals surface area contributed by atoms with E-state index in [1.54, 1.807) is 21.3 Å². The molecule has 6 nitrogen and oxygen atoms in total. The van der Waals surface area contributed by atoms with Crippen LogP contribution in [0, 0.1) is 0 Å². The van der Waals surface area contributed by atoms with Crippen molar-refractivity contribution in [1.82, 2.24) is 5.32 Å². The van der Waals surface area contributed by atoms with Gasteiger partial charge in [-0.15, -0.1) is 0 Å². The maximum atomic E-state index is 12.4. The van der Waals surface area contributed by atoms with Gasteiger partial charge in [-0.3, -0.25) is 4.79 Å². The fourth-order valence-corrected chi connectivity index (χ4v) is 4.47. The van der Waals surface area contributed by atoms with Gasteiger partial charge in [-0.1, -0.05) is 37.3 Å². The van der Waals surface area contributed by atoms with Gasteiger partial charge in [0.25, 0.3) is 0 Å². The van der Waals surface area contributed by atoms with Gasteiger partial charge in [0.1, 0.15) is 19.2 Å². The van der Waals surface area contributed by atoms with E-state index in [0.717, 1.165) is 37.4 Å². The van der Waals surface area contributed by atoms with Crippen LogP contribution in [0.1, 0.15) is 36.1 Å². The van der Waals surface area contributed by atoms with E-state index in [0.29, 0.717) is 0 Å². The molecular formula is C24H33N2O4+. The molecule has 0 spiro atoms. The Morgan fingerprint density at radius 1 is 1.13 bits per heavy atom. The first-order chi connectivity index (χ1) is 14.6. The van der Waals surface area contributed by atoms with Crippen LogP contribution in [0.2, 0.25) is 0 Å². The number of ether oxygens (including phenoxy) is 3. The van der Waals surface area contributed by atoms with E-state index in [1.165, 1.54) is 21.6 Å². The first kappa shape index (κ1) is 22.1. The van der Waals surface area contributed by atoms with Gasteiger partial charge in [0, 0.05) is 24.7 Å². The molecule has 3 rings (SSSR count). The largest absolute Gasteiger partial charge is 0.493 e. The number of quaternary nitrogens is 1. The molecule has 0 saturated heterocycles. The van der Waals surface area contributed by atoms with Crippen LogP contribution in [-0.2, 0) is 22.5 Å². The highest BCUT2D eigenvalue weighted by Crippen LogP contribution is 2.35. The Hall–Kier alpha value is -2.57. The van der Waals surface area contributed by atoms with Gasteiger partial charge in [-0.2, -0.15) is 0 Å². The van der Waals surface area contributed by atoms with Gasteiger partial charge in [0.05, 0.1) is 26.8 Å². The summed E-state index contributed by atoms with van der Waals surface area (Å²) in [4.78, 5) is 13.8. The zero-order chi connectivity index (χ0) is 21.5. The summed E-state index contributed by atoms with van der Waals surface area (Å²) in [6, 6.07) is 14.8. The van der Waals surface area contributed by atoms with Gasteiger partial charge < -0.3 is 24.4 Å². The molecule has 1 amide bonds. The zero-order valence-corrected chi connectivity index (χ0v) is 18.4. The number of benzene rings is 2. The fraction of sp³-hybridized carbons (Fsp3) is 0.458. The van der Waals surface area contributed by atoms with Crippen molar-refractivity contribution < 1.29 is 23.9 Å². The second-order valence-corrected chi connectivity index (χ2v) is 7.72. The summed E-state index contributed by atoms with van der Waals surface area (Å²) in [5, 5.41) is 3.20. The van der Waals surface area contributed by atoms with Crippen LogP contribution >= 0.6 is 0 Å². The minimum absolute atomic E-state index is 0.0106. The molecule has 3 atom stereocenters. The van der Waals surface area contributed by atoms with Gasteiger partial charge in [0.2, 0.25) is 5.91 Å². The molecule has 6 heteroatoms. The van der Waals surface area contributed by atoms with Crippen molar-refractivity contribution in [2.75, 3.05) is 34.5 Å². The number of nitrogens with one attached hydrogen (secondary N) is 2. The smallest absolute Gasteiger partial charge is 0.246 e. The molecule has 2 N–H and O–H groups in total. The van der Waals surface area contributed by atoms with Crippen molar-refractivity contribution in [1.29, 1.82) is 0 Å². The average Bonchev–Trinajstić information content (AvgIpc) is 2.77. The highest BCUT2D eigenvalue weighted by molar-refractivity contribution is 5.77. The number of rotatable bonds is 9. The summed E-state index contributed by atoms with van der Waals surface area (Å²) in [6.45, 7) is 4.07. The van der Waals surface area contributed by atoms with Crippen molar-refractivity contribution in [3.05, 3.63) is 59.2 Å². The minimum Gasteiger partial charge on any atom is -0.493 e. The SMILES string of the molecule is CC[C@@H](NC(=O)COC)[C@H]1c2cc(OC)c(OC)cc2CC[NH+]1Cc1ccccc1. The molecule has 30 heavy (non-hydrogen) atoms. The Kier molecular flexibility index (Phi) is 7.71. The molecule has 1 unspecified atom stereocenters. The molecule has 0 fully saturated rings. The van der Waals surface area contributed by atoms with Crippen molar-refractivity contribution in [2.45, 2.75) is 38.4 Å². The Bertz CT molecular complexity index is 841. The monoisotopic (exact) mass is 413 g/mol. The Balaban J connectivity index is 2.00. The first-order valence-electron chi connectivity index (χ1n) is 10.5. The number of fused-ring (bicyclic) bond motifs is 1. The quantitative estimate of drug-likeness (QED) is 0.660. The van der Waals surface area contributed by atoms with E-state index in [-0.39, 0.29) is 24.6 Å². The van der Waals surface area contributed by atoms with E-state index >= 15 is 0 Å². The molecule has 0 bridgehead atoms. The minimum atomic E-state index is -0.0870. The lowest BCUT2D eigenvalue weighted by atomic mass is 9.86. The molecule has 162 valence electrons. The van der Waals surface area contributed by atoms with Crippen LogP contribution in [-0.4, -0.2) is 46.4 Å². The molecule has 1 aliphatic heterocycles. The van der Waals surface area contributed by atoms with Crippen molar-refractivity contribution in [3.63, 3.8) is 0 Å². The normalized spacial score (nSPS) is 18.9. The highest BCUT2D eigenvalue weighted by atomic mass is 16.5. The second kappa shape index (κ2) is 10.5. The van der Waals surface area contributed by atoms with E-state index in [4.69, 9.17) is 14.2 Å². The number of hydrogen-bond donors (Lipinski definition) is 2. The summed E-state index contributed by atoms with van der Waals surface area (Å²) < 4.78 is 16.2. The highest BCUT2D eigenvalue weighted by Gasteiger charge is 2.38. The van der Waals surface area contributed by atoms with Crippen LogP contribution in [0.25, 0.3) is 0 Å². The molecule has 0 aliphatic carbocycles. The Labute approximate surface area is 179 Å². The predicted octanol–water partition coefficient (Wildman–Crippen LogP) is 1.93. The average molecular weight is 414 g/mol. The summed E-state index contributed by atoms with van der Waals surface area (Å²) in [6.07, 6.45) is 1.78. The van der Waals surface area contributed by atoms with E-state index in [1.807, 2.05) is 6.07 Å². The first-order valence-corrected chi connectivity index (χ1v) is 10.5. The molecule has 0 radical (unpaired) electrons. The van der Waals surface area contributed by atoms with Gasteiger partial charge in [-0.25, -0.2) is 0 Å². The van der Waals surface area contributed by atoms with Gasteiger partial charge >= 0.3 is 0 Å². The number of methoxy groups -OCH3 is 3. The summed E-state index contributed by atoms with van der Waals surface area (Å²) in [5.41, 5.74) is 3.77. The second-order valence-electron chi connectivity index (χ2n) is 7.72. The lowest BCUT2D eigenvalue weighted by Crippen LogP contribution is -3.13. The summed E-state index contributed by atoms with van der Waals surface area (Å²) in [5.74, 6) is 1.38. The van der Waals surface area contributed by atoms with Gasteiger partial charge in [-0.05, 0) is 24.1 Å². The number of carbonyl (C=O) groups excluding carboxylic acids is 1. The van der Waals surface area contributed by atoms with Crippen LogP contribution in [0.3, 0.4) is 0 Å². The summed E-state index contributed by atoms with van der Waals surface area (Å²) in [7, 11) is 4.87. The van der Waals surface area contributed by atoms with Crippen molar-refractivity contribution in [3.8, 4) is 11.5 Å². The summed E-state index contributed by atoms with van der Waals surface area (Å²) >= 11 is 0. The Morgan fingerprint density at radius 2 is 1.83 bits per heavy atom. The molecule has 0 saturated carbocycles. The third kappa shape index (κ3) is 4.94. The lowest BCUT2D eigenvalue weighted by Gasteiger charge is -2.39. The van der Waals surface area contributed by atoms with E-state index in [2.05, 4.69) is 48.6 Å². The van der Waals surface area contributed by atoms with Gasteiger partial charge in [0.15, 0.2) is 11.5 Å². The standard InChI is InChI=1S/C24H32N2O4/c1-5-20(25-23(27)16-28-2)24-19-14-22(30-4)21(29-3)13-18(19)11-12-26(24)15-17-9-7-6-8-10-17/h6-10,13-14,20,24H,5,11-12,15-16H2,1-4H3,(H,25,27)/p+1/t20-,24-/m1/s1. The third-order valence-electron chi connectivity index (χ3n) is 5.87. The molecule has 2 aromatic carbocycles. The van der Waals surface area contributed by atoms with Crippen LogP contribution in [0.4, 0.5) is 0 Å². The predicted molar refractivity (Wildman–Crippen MR) is 116 cm³/mol. The lowest BCUT2D eigenvalue weighted by molar-refractivity contribution is -0.948. The molecule has 0 aromatic heterocycles. The van der Waals surface area contributed by atoms with E-state index in [9.17, 15) is 4.79 Å². The molecule has 1 heterocycles. The number of amides is 1. The Morgan fingerprint density at radius 3 is 2.47 bits per heavy atom. The maximum Gasteiger partial charge on any atom is 0.246 e. The molecule has 2 aromatic rings. The number of carbonyl (C=O) groups is 1. The van der Waals surface area contributed by atoms with Crippen LogP contribution in [0.5, 0.6) is 11.5 Å².